The number of aliphatic hydroxyl groups excluding tert-OH is 1. The highest BCUT2D eigenvalue weighted by Crippen LogP contribution is 2.37. The fourth-order valence-corrected chi connectivity index (χ4v) is 3.52. The summed E-state index contributed by atoms with van der Waals surface area (Å²) < 4.78 is 13.2. The van der Waals surface area contributed by atoms with E-state index in [1.54, 1.807) is 6.92 Å². The summed E-state index contributed by atoms with van der Waals surface area (Å²) in [6.45, 7) is 1.12. The van der Waals surface area contributed by atoms with Gasteiger partial charge in [0.15, 0.2) is 0 Å². The Bertz CT molecular complexity index is 1030. The van der Waals surface area contributed by atoms with E-state index in [4.69, 9.17) is 5.73 Å². The van der Waals surface area contributed by atoms with Crippen LogP contribution in [0, 0.1) is 12.7 Å². The molecule has 2 amide bonds. The van der Waals surface area contributed by atoms with Crippen molar-refractivity contribution in [2.45, 2.75) is 25.9 Å². The molecule has 3 rings (SSSR count). The molecule has 29 heavy (non-hydrogen) atoms. The van der Waals surface area contributed by atoms with Gasteiger partial charge in [0.25, 0.3) is 0 Å². The quantitative estimate of drug-likeness (QED) is 0.713. The van der Waals surface area contributed by atoms with Gasteiger partial charge in [-0.2, -0.15) is 0 Å². The highest BCUT2D eigenvalue weighted by Gasteiger charge is 2.34. The van der Waals surface area contributed by atoms with Gasteiger partial charge in [0, 0.05) is 29.7 Å². The Labute approximate surface area is 165 Å². The molecule has 0 aliphatic carbocycles. The van der Waals surface area contributed by atoms with Gasteiger partial charge in [-0.15, -0.1) is 0 Å². The first-order chi connectivity index (χ1) is 13.7. The molecule has 1 atom stereocenters. The van der Waals surface area contributed by atoms with Gasteiger partial charge in [0.2, 0.25) is 11.8 Å². The second-order valence-corrected chi connectivity index (χ2v) is 6.72. The smallest absolute Gasteiger partial charge is 0.333 e. The van der Waals surface area contributed by atoms with Crippen LogP contribution in [0.2, 0.25) is 0 Å². The topological polar surface area (TPSA) is 121 Å². The zero-order valence-corrected chi connectivity index (χ0v) is 15.6. The number of carboxylic acids is 1. The van der Waals surface area contributed by atoms with E-state index in [0.29, 0.717) is 16.7 Å². The number of amides is 2. The molecule has 0 spiro atoms. The molecule has 0 saturated carbocycles. The van der Waals surface area contributed by atoms with Crippen molar-refractivity contribution in [3.8, 4) is 0 Å². The van der Waals surface area contributed by atoms with Gasteiger partial charge < -0.3 is 15.9 Å². The van der Waals surface area contributed by atoms with Crippen LogP contribution < -0.4 is 10.6 Å². The lowest BCUT2D eigenvalue weighted by Gasteiger charge is -2.31. The third-order valence-electron chi connectivity index (χ3n) is 5.07. The molecule has 2 aromatic carbocycles. The van der Waals surface area contributed by atoms with Crippen molar-refractivity contribution in [2.75, 3.05) is 4.90 Å². The average Bonchev–Trinajstić information content (AvgIpc) is 2.67. The van der Waals surface area contributed by atoms with Crippen LogP contribution in [-0.2, 0) is 16.2 Å². The van der Waals surface area contributed by atoms with E-state index in [-0.39, 0.29) is 23.2 Å². The van der Waals surface area contributed by atoms with Crippen molar-refractivity contribution >= 4 is 23.5 Å². The van der Waals surface area contributed by atoms with E-state index in [1.807, 2.05) is 0 Å². The molecular formula is C21H19FN2O5. The standard InChI is InChI=1S/C21H19FN2O5/c1-11-14(20(23)27)6-7-18(17(11)10-25)24-9-16(21(28)29)15(8-19(24)26)12-2-4-13(22)5-3-12/h2-7,9,15,25H,8,10H2,1H3,(H2,23,27)(H,28,29)/t15-/m1/s1. The summed E-state index contributed by atoms with van der Waals surface area (Å²) in [5, 5.41) is 19.5. The van der Waals surface area contributed by atoms with Gasteiger partial charge in [-0.25, -0.2) is 9.18 Å². The molecule has 0 unspecified atom stereocenters. The Morgan fingerprint density at radius 1 is 1.21 bits per heavy atom. The molecule has 0 fully saturated rings. The van der Waals surface area contributed by atoms with Crippen LogP contribution in [0.4, 0.5) is 10.1 Å². The lowest BCUT2D eigenvalue weighted by molar-refractivity contribution is -0.133. The number of primary amides is 1. The lowest BCUT2D eigenvalue weighted by Crippen LogP contribution is -2.35. The van der Waals surface area contributed by atoms with Gasteiger partial charge >= 0.3 is 5.97 Å². The fraction of sp³-hybridized carbons (Fsp3) is 0.190. The van der Waals surface area contributed by atoms with Gasteiger partial charge in [-0.3, -0.25) is 14.5 Å². The number of carboxylic acid groups (broad SMARTS) is 1. The number of hydrogen-bond donors (Lipinski definition) is 3. The summed E-state index contributed by atoms with van der Waals surface area (Å²) >= 11 is 0. The van der Waals surface area contributed by atoms with E-state index in [0.717, 1.165) is 4.90 Å². The van der Waals surface area contributed by atoms with Crippen molar-refractivity contribution in [2.24, 2.45) is 5.73 Å². The molecule has 7 nitrogen and oxygen atoms in total. The Hall–Kier alpha value is -3.52. The summed E-state index contributed by atoms with van der Waals surface area (Å²) in [5.74, 6) is -3.48. The molecule has 0 radical (unpaired) electrons. The Morgan fingerprint density at radius 3 is 2.41 bits per heavy atom. The highest BCUT2D eigenvalue weighted by atomic mass is 19.1. The molecule has 0 saturated heterocycles. The highest BCUT2D eigenvalue weighted by molar-refractivity contribution is 6.03. The summed E-state index contributed by atoms with van der Waals surface area (Å²) in [6.07, 6.45) is 1.06. The first kappa shape index (κ1) is 20.2. The normalized spacial score (nSPS) is 16.5. The van der Waals surface area contributed by atoms with Gasteiger partial charge in [0.05, 0.1) is 17.9 Å². The van der Waals surface area contributed by atoms with E-state index >= 15 is 0 Å². The van der Waals surface area contributed by atoms with E-state index in [9.17, 15) is 29.0 Å². The number of anilines is 1. The molecule has 1 aliphatic heterocycles. The van der Waals surface area contributed by atoms with Gasteiger partial charge in [-0.05, 0) is 42.3 Å². The zero-order chi connectivity index (χ0) is 21.3. The van der Waals surface area contributed by atoms with Crippen molar-refractivity contribution in [3.63, 3.8) is 0 Å². The lowest BCUT2D eigenvalue weighted by atomic mass is 9.85. The Balaban J connectivity index is 2.11. The Morgan fingerprint density at radius 2 is 1.86 bits per heavy atom. The van der Waals surface area contributed by atoms with Gasteiger partial charge in [0.1, 0.15) is 5.82 Å². The third-order valence-corrected chi connectivity index (χ3v) is 5.07. The fourth-order valence-electron chi connectivity index (χ4n) is 3.52. The molecule has 150 valence electrons. The first-order valence-corrected chi connectivity index (χ1v) is 8.80. The van der Waals surface area contributed by atoms with E-state index < -0.39 is 36.1 Å². The van der Waals surface area contributed by atoms with Crippen LogP contribution in [0.15, 0.2) is 48.2 Å². The average molecular weight is 398 g/mol. The number of hydrogen-bond acceptors (Lipinski definition) is 4. The maximum Gasteiger partial charge on any atom is 0.333 e. The van der Waals surface area contributed by atoms with Crippen LogP contribution >= 0.6 is 0 Å². The summed E-state index contributed by atoms with van der Waals surface area (Å²) in [5.41, 5.74) is 6.99. The van der Waals surface area contributed by atoms with Crippen molar-refractivity contribution in [1.29, 1.82) is 0 Å². The number of nitrogens with zero attached hydrogens (tertiary/aromatic N) is 1. The second-order valence-electron chi connectivity index (χ2n) is 6.72. The minimum Gasteiger partial charge on any atom is -0.478 e. The van der Waals surface area contributed by atoms with Crippen LogP contribution in [-0.4, -0.2) is 28.0 Å². The number of halogens is 1. The number of benzene rings is 2. The third kappa shape index (κ3) is 3.74. The predicted molar refractivity (Wildman–Crippen MR) is 103 cm³/mol. The van der Waals surface area contributed by atoms with Crippen molar-refractivity contribution in [3.05, 3.63) is 76.2 Å². The number of carbonyl (C=O) groups is 3. The van der Waals surface area contributed by atoms with Crippen LogP contribution in [0.5, 0.6) is 0 Å². The molecule has 0 aromatic heterocycles. The van der Waals surface area contributed by atoms with Crippen molar-refractivity contribution < 1.29 is 29.0 Å². The number of carbonyl (C=O) groups excluding carboxylic acids is 2. The number of rotatable bonds is 5. The predicted octanol–water partition coefficient (Wildman–Crippen LogP) is 2.21. The second kappa shape index (κ2) is 7.84. The molecule has 1 aliphatic rings. The maximum atomic E-state index is 13.2. The van der Waals surface area contributed by atoms with Crippen LogP contribution in [0.25, 0.3) is 0 Å². The van der Waals surface area contributed by atoms with E-state index in [2.05, 4.69) is 0 Å². The summed E-state index contributed by atoms with van der Waals surface area (Å²) in [6, 6.07) is 8.20. The summed E-state index contributed by atoms with van der Waals surface area (Å²) in [7, 11) is 0. The van der Waals surface area contributed by atoms with Crippen molar-refractivity contribution in [1.82, 2.24) is 0 Å². The van der Waals surface area contributed by atoms with Crippen LogP contribution in [0.3, 0.4) is 0 Å². The zero-order valence-electron chi connectivity index (χ0n) is 15.6. The molecule has 4 N–H and O–H groups in total. The SMILES string of the molecule is Cc1c(C(N)=O)ccc(N2C=C(C(=O)O)[C@@H](c3ccc(F)cc3)CC2=O)c1CO. The van der Waals surface area contributed by atoms with Crippen LogP contribution in [0.1, 0.15) is 39.4 Å². The molecule has 8 heteroatoms. The van der Waals surface area contributed by atoms with Gasteiger partial charge in [-0.1, -0.05) is 12.1 Å². The molecule has 1 heterocycles. The largest absolute Gasteiger partial charge is 0.478 e. The first-order valence-electron chi connectivity index (χ1n) is 8.80. The Kier molecular flexibility index (Phi) is 5.47. The monoisotopic (exact) mass is 398 g/mol. The molecule has 0 bridgehead atoms. The summed E-state index contributed by atoms with van der Waals surface area (Å²) in [4.78, 5) is 37.4. The van der Waals surface area contributed by atoms with E-state index in [1.165, 1.54) is 42.6 Å². The molecular weight excluding hydrogens is 379 g/mol. The minimum atomic E-state index is -1.21. The number of aliphatic hydroxyl groups is 1. The number of nitrogens with two attached hydrogens (primary N) is 1. The molecule has 2 aromatic rings. The minimum absolute atomic E-state index is 0.0447. The maximum absolute atomic E-state index is 13.2. The number of aliphatic carboxylic acids is 1.